The van der Waals surface area contributed by atoms with Gasteiger partial charge in [-0.3, -0.25) is 4.79 Å². The van der Waals surface area contributed by atoms with Gasteiger partial charge in [0.2, 0.25) is 5.91 Å². The minimum Gasteiger partial charge on any atom is -0.378 e. The topological polar surface area (TPSA) is 44.4 Å². The van der Waals surface area contributed by atoms with E-state index in [1.807, 2.05) is 43.3 Å². The Morgan fingerprint density at radius 2 is 2.16 bits per heavy atom. The van der Waals surface area contributed by atoms with E-state index in [4.69, 9.17) is 0 Å². The summed E-state index contributed by atoms with van der Waals surface area (Å²) in [5, 5.41) is 6.33. The molecule has 0 bridgehead atoms. The number of carbonyl (C=O) groups is 1. The first-order valence-corrected chi connectivity index (χ1v) is 6.85. The standard InChI is InChI=1S/C15H23N3O/c1-11-7-12(10-16-9-11)15(19)17-13-5-4-6-14(8-13)18(2)3/h4-6,8,11-12,16H,7,9-10H2,1-3H3,(H,17,19). The second-order valence-electron chi connectivity index (χ2n) is 5.63. The van der Waals surface area contributed by atoms with Crippen LogP contribution in [-0.2, 0) is 4.79 Å². The Kier molecular flexibility index (Phi) is 4.43. The van der Waals surface area contributed by atoms with Crippen molar-refractivity contribution < 1.29 is 4.79 Å². The van der Waals surface area contributed by atoms with Crippen LogP contribution >= 0.6 is 0 Å². The predicted molar refractivity (Wildman–Crippen MR) is 79.5 cm³/mol. The van der Waals surface area contributed by atoms with Crippen LogP contribution in [0.1, 0.15) is 13.3 Å². The van der Waals surface area contributed by atoms with Crippen LogP contribution in [0.25, 0.3) is 0 Å². The van der Waals surface area contributed by atoms with Crippen molar-refractivity contribution in [2.24, 2.45) is 11.8 Å². The number of rotatable bonds is 3. The van der Waals surface area contributed by atoms with Crippen LogP contribution in [0.3, 0.4) is 0 Å². The van der Waals surface area contributed by atoms with E-state index in [1.165, 1.54) is 0 Å². The second-order valence-corrected chi connectivity index (χ2v) is 5.63. The summed E-state index contributed by atoms with van der Waals surface area (Å²) < 4.78 is 0. The largest absolute Gasteiger partial charge is 0.378 e. The van der Waals surface area contributed by atoms with Crippen molar-refractivity contribution in [1.29, 1.82) is 0 Å². The van der Waals surface area contributed by atoms with Gasteiger partial charge in [-0.15, -0.1) is 0 Å². The zero-order valence-electron chi connectivity index (χ0n) is 11.9. The monoisotopic (exact) mass is 261 g/mol. The lowest BCUT2D eigenvalue weighted by Gasteiger charge is -2.27. The second kappa shape index (κ2) is 6.06. The number of piperidine rings is 1. The average molecular weight is 261 g/mol. The molecule has 1 aromatic carbocycles. The highest BCUT2D eigenvalue weighted by Crippen LogP contribution is 2.20. The maximum atomic E-state index is 12.2. The molecule has 19 heavy (non-hydrogen) atoms. The lowest BCUT2D eigenvalue weighted by atomic mass is 9.91. The van der Waals surface area contributed by atoms with Crippen molar-refractivity contribution in [1.82, 2.24) is 5.32 Å². The Labute approximate surface area is 115 Å². The lowest BCUT2D eigenvalue weighted by Crippen LogP contribution is -2.40. The Morgan fingerprint density at radius 1 is 1.37 bits per heavy atom. The number of carbonyl (C=O) groups excluding carboxylic acids is 1. The van der Waals surface area contributed by atoms with E-state index in [2.05, 4.69) is 17.6 Å². The molecular formula is C15H23N3O. The molecule has 0 aromatic heterocycles. The Balaban J connectivity index is 2.00. The summed E-state index contributed by atoms with van der Waals surface area (Å²) in [5.74, 6) is 0.763. The van der Waals surface area contributed by atoms with Gasteiger partial charge in [0.05, 0.1) is 5.92 Å². The molecule has 0 saturated carbocycles. The molecule has 1 saturated heterocycles. The Hall–Kier alpha value is -1.55. The number of amides is 1. The van der Waals surface area contributed by atoms with Crippen LogP contribution in [0.2, 0.25) is 0 Å². The summed E-state index contributed by atoms with van der Waals surface area (Å²) in [6.45, 7) is 3.97. The molecule has 1 amide bonds. The van der Waals surface area contributed by atoms with Crippen molar-refractivity contribution >= 4 is 17.3 Å². The quantitative estimate of drug-likeness (QED) is 0.874. The van der Waals surface area contributed by atoms with Gasteiger partial charge in [-0.2, -0.15) is 0 Å². The van der Waals surface area contributed by atoms with Gasteiger partial charge in [0.15, 0.2) is 0 Å². The number of nitrogens with zero attached hydrogens (tertiary/aromatic N) is 1. The third kappa shape index (κ3) is 3.70. The molecule has 1 aliphatic rings. The molecule has 1 aliphatic heterocycles. The smallest absolute Gasteiger partial charge is 0.228 e. The fraction of sp³-hybridized carbons (Fsp3) is 0.533. The highest BCUT2D eigenvalue weighted by molar-refractivity contribution is 5.93. The predicted octanol–water partition coefficient (Wildman–Crippen LogP) is 1.94. The molecule has 0 spiro atoms. The SMILES string of the molecule is CC1CNCC(C(=O)Nc2cccc(N(C)C)c2)C1. The molecule has 2 N–H and O–H groups in total. The minimum absolute atomic E-state index is 0.0757. The number of hydrogen-bond donors (Lipinski definition) is 2. The fourth-order valence-corrected chi connectivity index (χ4v) is 2.46. The zero-order chi connectivity index (χ0) is 13.8. The first-order valence-electron chi connectivity index (χ1n) is 6.85. The maximum absolute atomic E-state index is 12.2. The first-order chi connectivity index (χ1) is 9.06. The minimum atomic E-state index is 0.0757. The van der Waals surface area contributed by atoms with Gasteiger partial charge >= 0.3 is 0 Å². The summed E-state index contributed by atoms with van der Waals surface area (Å²) in [5.41, 5.74) is 1.96. The van der Waals surface area contributed by atoms with E-state index in [0.29, 0.717) is 5.92 Å². The third-order valence-electron chi connectivity index (χ3n) is 3.57. The van der Waals surface area contributed by atoms with Gasteiger partial charge in [-0.1, -0.05) is 13.0 Å². The molecule has 2 unspecified atom stereocenters. The van der Waals surface area contributed by atoms with Gasteiger partial charge in [-0.25, -0.2) is 0 Å². The first kappa shape index (κ1) is 13.9. The van der Waals surface area contributed by atoms with Crippen molar-refractivity contribution in [2.75, 3.05) is 37.4 Å². The van der Waals surface area contributed by atoms with Gasteiger partial charge in [0.25, 0.3) is 0 Å². The van der Waals surface area contributed by atoms with Crippen LogP contribution in [0.5, 0.6) is 0 Å². The van der Waals surface area contributed by atoms with Crippen LogP contribution in [-0.4, -0.2) is 33.1 Å². The molecule has 4 heteroatoms. The molecule has 1 heterocycles. The van der Waals surface area contributed by atoms with Gasteiger partial charge in [0.1, 0.15) is 0 Å². The normalized spacial score (nSPS) is 22.9. The summed E-state index contributed by atoms with van der Waals surface area (Å²) in [6, 6.07) is 7.93. The van der Waals surface area contributed by atoms with Crippen LogP contribution < -0.4 is 15.5 Å². The van der Waals surface area contributed by atoms with Gasteiger partial charge in [0, 0.05) is 32.0 Å². The lowest BCUT2D eigenvalue weighted by molar-refractivity contribution is -0.120. The van der Waals surface area contributed by atoms with Crippen molar-refractivity contribution in [2.45, 2.75) is 13.3 Å². The molecule has 2 atom stereocenters. The van der Waals surface area contributed by atoms with E-state index < -0.39 is 0 Å². The number of anilines is 2. The van der Waals surface area contributed by atoms with Crippen molar-refractivity contribution in [3.05, 3.63) is 24.3 Å². The molecular weight excluding hydrogens is 238 g/mol. The van der Waals surface area contributed by atoms with E-state index in [-0.39, 0.29) is 11.8 Å². The third-order valence-corrected chi connectivity index (χ3v) is 3.57. The van der Waals surface area contributed by atoms with Gasteiger partial charge in [-0.05, 0) is 37.1 Å². The van der Waals surface area contributed by atoms with E-state index in [1.54, 1.807) is 0 Å². The van der Waals surface area contributed by atoms with Crippen molar-refractivity contribution in [3.8, 4) is 0 Å². The number of nitrogens with one attached hydrogen (secondary N) is 2. The van der Waals surface area contributed by atoms with Gasteiger partial charge < -0.3 is 15.5 Å². The summed E-state index contributed by atoms with van der Waals surface area (Å²) in [6.07, 6.45) is 0.964. The van der Waals surface area contributed by atoms with Crippen molar-refractivity contribution in [3.63, 3.8) is 0 Å². The fourth-order valence-electron chi connectivity index (χ4n) is 2.46. The summed E-state index contributed by atoms with van der Waals surface area (Å²) >= 11 is 0. The number of hydrogen-bond acceptors (Lipinski definition) is 3. The van der Waals surface area contributed by atoms with E-state index in [0.717, 1.165) is 30.9 Å². The highest BCUT2D eigenvalue weighted by atomic mass is 16.1. The molecule has 1 aromatic rings. The summed E-state index contributed by atoms with van der Waals surface area (Å²) in [7, 11) is 3.99. The Morgan fingerprint density at radius 3 is 2.84 bits per heavy atom. The van der Waals surface area contributed by atoms with Crippen LogP contribution in [0.15, 0.2) is 24.3 Å². The maximum Gasteiger partial charge on any atom is 0.228 e. The average Bonchev–Trinajstić information content (AvgIpc) is 2.39. The summed E-state index contributed by atoms with van der Waals surface area (Å²) in [4.78, 5) is 14.3. The number of benzene rings is 1. The van der Waals surface area contributed by atoms with E-state index in [9.17, 15) is 4.79 Å². The molecule has 4 nitrogen and oxygen atoms in total. The van der Waals surface area contributed by atoms with Crippen LogP contribution in [0, 0.1) is 11.8 Å². The van der Waals surface area contributed by atoms with E-state index >= 15 is 0 Å². The van der Waals surface area contributed by atoms with Crippen LogP contribution in [0.4, 0.5) is 11.4 Å². The zero-order valence-corrected chi connectivity index (χ0v) is 11.9. The Bertz CT molecular complexity index is 445. The highest BCUT2D eigenvalue weighted by Gasteiger charge is 2.24. The molecule has 104 valence electrons. The molecule has 1 fully saturated rings. The molecule has 0 aliphatic carbocycles. The molecule has 0 radical (unpaired) electrons. The molecule has 2 rings (SSSR count).